The molecule has 0 unspecified atom stereocenters. The normalized spacial score (nSPS) is 9.47. The molecule has 0 atom stereocenters. The molecule has 0 aliphatic heterocycles. The van der Waals surface area contributed by atoms with Gasteiger partial charge in [-0.3, -0.25) is 0 Å². The summed E-state index contributed by atoms with van der Waals surface area (Å²) in [7, 11) is 0. The van der Waals surface area contributed by atoms with Crippen molar-refractivity contribution in [3.63, 3.8) is 0 Å². The van der Waals surface area contributed by atoms with Crippen LogP contribution in [0.15, 0.2) is 35.6 Å². The summed E-state index contributed by atoms with van der Waals surface area (Å²) in [6.45, 7) is 2.37. The van der Waals surface area contributed by atoms with Crippen LogP contribution in [0.5, 0.6) is 0 Å². The highest BCUT2D eigenvalue weighted by atomic mass is 16.5. The first-order chi connectivity index (χ1) is 8.26. The molecule has 92 valence electrons. The van der Waals surface area contributed by atoms with Crippen LogP contribution in [0.2, 0.25) is 0 Å². The molecule has 0 aliphatic carbocycles. The van der Waals surface area contributed by atoms with Crippen molar-refractivity contribution < 1.29 is 9.53 Å². The highest BCUT2D eigenvalue weighted by Gasteiger charge is 2.06. The number of carbonyl (C=O) groups excluding carboxylic acids is 1. The number of hydrogen-bond acceptors (Lipinski definition) is 4. The summed E-state index contributed by atoms with van der Waals surface area (Å²) >= 11 is 0. The van der Waals surface area contributed by atoms with Gasteiger partial charge in [-0.25, -0.2) is 9.80 Å². The minimum Gasteiger partial charge on any atom is -0.450 e. The lowest BCUT2D eigenvalue weighted by molar-refractivity contribution is 0.141. The first-order valence-electron chi connectivity index (χ1n) is 5.29. The van der Waals surface area contributed by atoms with Gasteiger partial charge in [0.2, 0.25) is 0 Å². The van der Waals surface area contributed by atoms with E-state index in [1.807, 2.05) is 30.3 Å². The Kier molecular flexibility index (Phi) is 5.50. The van der Waals surface area contributed by atoms with Crippen LogP contribution in [0.25, 0.3) is 0 Å². The molecule has 6 nitrogen and oxygen atoms in total. The molecule has 1 amide bonds. The molecule has 6 heteroatoms. The van der Waals surface area contributed by atoms with Crippen LogP contribution in [-0.2, 0) is 11.3 Å². The molecule has 0 aliphatic rings. The molecule has 0 heterocycles. The molecule has 1 aromatic carbocycles. The van der Waals surface area contributed by atoms with Crippen molar-refractivity contribution in [1.29, 1.82) is 0 Å². The van der Waals surface area contributed by atoms with Gasteiger partial charge >= 0.3 is 6.09 Å². The molecular formula is C11H15N3O3. The monoisotopic (exact) mass is 237 g/mol. The van der Waals surface area contributed by atoms with E-state index >= 15 is 0 Å². The largest absolute Gasteiger partial charge is 0.450 e. The number of rotatable bonds is 6. The molecule has 17 heavy (non-hydrogen) atoms. The third-order valence-electron chi connectivity index (χ3n) is 2.00. The Morgan fingerprint density at radius 1 is 1.41 bits per heavy atom. The Bertz CT molecular complexity index is 356. The Morgan fingerprint density at radius 3 is 2.71 bits per heavy atom. The van der Waals surface area contributed by atoms with Crippen molar-refractivity contribution in [2.45, 2.75) is 13.5 Å². The lowest BCUT2D eigenvalue weighted by Gasteiger charge is -2.15. The van der Waals surface area contributed by atoms with Crippen LogP contribution in [0.1, 0.15) is 12.5 Å². The van der Waals surface area contributed by atoms with Crippen LogP contribution in [-0.4, -0.2) is 24.4 Å². The zero-order valence-corrected chi connectivity index (χ0v) is 9.63. The maximum atomic E-state index is 11.0. The minimum atomic E-state index is -0.561. The van der Waals surface area contributed by atoms with Gasteiger partial charge in [0.1, 0.15) is 6.67 Å². The summed E-state index contributed by atoms with van der Waals surface area (Å²) in [5.41, 5.74) is 0.942. The van der Waals surface area contributed by atoms with E-state index in [0.717, 1.165) is 5.56 Å². The summed E-state index contributed by atoms with van der Waals surface area (Å²) in [5.74, 6) is 0. The van der Waals surface area contributed by atoms with Crippen LogP contribution in [0.4, 0.5) is 4.79 Å². The molecule has 1 rings (SSSR count). The second-order valence-electron chi connectivity index (χ2n) is 3.29. The predicted octanol–water partition coefficient (Wildman–Crippen LogP) is 1.87. The highest BCUT2D eigenvalue weighted by molar-refractivity contribution is 5.66. The molecule has 0 saturated heterocycles. The number of alkyl carbamates (subject to hydrolysis) is 1. The number of benzene rings is 1. The molecule has 0 aromatic heterocycles. The van der Waals surface area contributed by atoms with Crippen molar-refractivity contribution in [3.8, 4) is 0 Å². The standard InChI is InChI=1S/C11H15N3O3/c1-2-17-11(15)12-9-14(13-16)8-10-6-4-3-5-7-10/h3-7H,2,8-9H2,1H3,(H,12,15). The molecule has 1 N–H and O–H groups in total. The van der Waals surface area contributed by atoms with Crippen LogP contribution in [0, 0.1) is 4.91 Å². The van der Waals surface area contributed by atoms with Crippen LogP contribution in [0.3, 0.4) is 0 Å². The van der Waals surface area contributed by atoms with Crippen molar-refractivity contribution in [2.75, 3.05) is 13.3 Å². The number of nitroso groups, excluding NO2 is 1. The molecule has 0 radical (unpaired) electrons. The molecular weight excluding hydrogens is 222 g/mol. The smallest absolute Gasteiger partial charge is 0.408 e. The van der Waals surface area contributed by atoms with Crippen molar-refractivity contribution in [3.05, 3.63) is 40.8 Å². The summed E-state index contributed by atoms with van der Waals surface area (Å²) in [6, 6.07) is 9.39. The van der Waals surface area contributed by atoms with Gasteiger partial charge in [0.25, 0.3) is 0 Å². The Hall–Kier alpha value is -2.11. The quantitative estimate of drug-likeness (QED) is 0.466. The maximum Gasteiger partial charge on any atom is 0.408 e. The average molecular weight is 237 g/mol. The van der Waals surface area contributed by atoms with E-state index in [1.165, 1.54) is 5.01 Å². The van der Waals surface area contributed by atoms with Gasteiger partial charge in [-0.2, -0.15) is 0 Å². The fraction of sp³-hybridized carbons (Fsp3) is 0.364. The van der Waals surface area contributed by atoms with Crippen LogP contribution >= 0.6 is 0 Å². The Balaban J connectivity index is 2.39. The van der Waals surface area contributed by atoms with Crippen molar-refractivity contribution in [1.82, 2.24) is 10.3 Å². The third-order valence-corrected chi connectivity index (χ3v) is 2.00. The average Bonchev–Trinajstić information content (AvgIpc) is 2.36. The van der Waals surface area contributed by atoms with E-state index in [2.05, 4.69) is 15.3 Å². The van der Waals surface area contributed by atoms with Crippen LogP contribution < -0.4 is 5.32 Å². The van der Waals surface area contributed by atoms with Gasteiger partial charge in [-0.15, -0.1) is 4.91 Å². The number of nitrogens with zero attached hydrogens (tertiary/aromatic N) is 2. The number of carbonyl (C=O) groups is 1. The number of amides is 1. The maximum absolute atomic E-state index is 11.0. The first-order valence-corrected chi connectivity index (χ1v) is 5.29. The van der Waals surface area contributed by atoms with E-state index in [9.17, 15) is 9.70 Å². The summed E-state index contributed by atoms with van der Waals surface area (Å²) in [6.07, 6.45) is -0.561. The lowest BCUT2D eigenvalue weighted by Crippen LogP contribution is -2.34. The lowest BCUT2D eigenvalue weighted by atomic mass is 10.2. The second-order valence-corrected chi connectivity index (χ2v) is 3.29. The fourth-order valence-corrected chi connectivity index (χ4v) is 1.25. The summed E-state index contributed by atoms with van der Waals surface area (Å²) in [5, 5.41) is 6.45. The second kappa shape index (κ2) is 7.21. The summed E-state index contributed by atoms with van der Waals surface area (Å²) < 4.78 is 4.67. The topological polar surface area (TPSA) is 71.0 Å². The SMILES string of the molecule is CCOC(=O)NCN(Cc1ccccc1)N=O. The highest BCUT2D eigenvalue weighted by Crippen LogP contribution is 2.03. The van der Waals surface area contributed by atoms with Gasteiger partial charge in [0.05, 0.1) is 18.4 Å². The molecule has 1 aromatic rings. The van der Waals surface area contributed by atoms with Gasteiger partial charge in [-0.05, 0) is 12.5 Å². The fourth-order valence-electron chi connectivity index (χ4n) is 1.25. The first kappa shape index (κ1) is 13.0. The Labute approximate surface area is 99.5 Å². The number of nitrogens with one attached hydrogen (secondary N) is 1. The van der Waals surface area contributed by atoms with Gasteiger partial charge in [0.15, 0.2) is 0 Å². The van der Waals surface area contributed by atoms with E-state index in [-0.39, 0.29) is 6.67 Å². The van der Waals surface area contributed by atoms with E-state index in [1.54, 1.807) is 6.92 Å². The number of hydrogen-bond donors (Lipinski definition) is 1. The molecule has 0 saturated carbocycles. The Morgan fingerprint density at radius 2 is 2.12 bits per heavy atom. The van der Waals surface area contributed by atoms with E-state index in [0.29, 0.717) is 13.2 Å². The molecule has 0 spiro atoms. The molecule has 0 fully saturated rings. The van der Waals surface area contributed by atoms with E-state index < -0.39 is 6.09 Å². The van der Waals surface area contributed by atoms with Gasteiger partial charge < -0.3 is 10.1 Å². The van der Waals surface area contributed by atoms with Gasteiger partial charge in [-0.1, -0.05) is 30.3 Å². The zero-order valence-electron chi connectivity index (χ0n) is 9.63. The molecule has 0 bridgehead atoms. The predicted molar refractivity (Wildman–Crippen MR) is 62.8 cm³/mol. The zero-order chi connectivity index (χ0) is 12.5. The number of ether oxygens (including phenoxy) is 1. The van der Waals surface area contributed by atoms with E-state index in [4.69, 9.17) is 0 Å². The summed E-state index contributed by atoms with van der Waals surface area (Å²) in [4.78, 5) is 21.6. The van der Waals surface area contributed by atoms with Crippen molar-refractivity contribution >= 4 is 6.09 Å². The third kappa shape index (κ3) is 4.96. The van der Waals surface area contributed by atoms with Crippen molar-refractivity contribution in [2.24, 2.45) is 5.29 Å². The minimum absolute atomic E-state index is 0.0250. The van der Waals surface area contributed by atoms with Gasteiger partial charge in [0, 0.05) is 0 Å².